The van der Waals surface area contributed by atoms with Crippen LogP contribution >= 0.6 is 15.9 Å². The second-order valence-corrected chi connectivity index (χ2v) is 5.23. The number of halogens is 2. The molecule has 0 saturated heterocycles. The third-order valence-electron chi connectivity index (χ3n) is 2.97. The summed E-state index contributed by atoms with van der Waals surface area (Å²) in [4.78, 5) is 0. The summed E-state index contributed by atoms with van der Waals surface area (Å²) in [5, 5.41) is 10.2. The molecule has 2 aromatic rings. The lowest BCUT2D eigenvalue weighted by atomic mass is 9.97. The molecular weight excluding hydrogens is 295 g/mol. The lowest BCUT2D eigenvalue weighted by Gasteiger charge is -2.14. The first-order chi connectivity index (χ1) is 8.58. The number of hydrogen-bond donors (Lipinski definition) is 1. The van der Waals surface area contributed by atoms with Crippen LogP contribution in [-0.4, -0.2) is 5.11 Å². The van der Waals surface area contributed by atoms with Gasteiger partial charge < -0.3 is 5.11 Å². The van der Waals surface area contributed by atoms with Crippen LogP contribution in [0.2, 0.25) is 0 Å². The van der Waals surface area contributed by atoms with Crippen molar-refractivity contribution in [1.82, 2.24) is 0 Å². The van der Waals surface area contributed by atoms with Gasteiger partial charge in [-0.1, -0.05) is 40.2 Å². The van der Waals surface area contributed by atoms with Gasteiger partial charge in [-0.15, -0.1) is 0 Å². The van der Waals surface area contributed by atoms with Gasteiger partial charge in [-0.2, -0.15) is 0 Å². The van der Waals surface area contributed by atoms with Crippen LogP contribution in [0.25, 0.3) is 0 Å². The Morgan fingerprint density at radius 2 is 1.94 bits per heavy atom. The van der Waals surface area contributed by atoms with Crippen molar-refractivity contribution in [3.05, 3.63) is 69.4 Å². The number of aliphatic hydroxyl groups is 1. The van der Waals surface area contributed by atoms with Crippen molar-refractivity contribution in [2.75, 3.05) is 0 Å². The zero-order valence-electron chi connectivity index (χ0n) is 10.0. The van der Waals surface area contributed by atoms with Crippen molar-refractivity contribution in [2.24, 2.45) is 0 Å². The van der Waals surface area contributed by atoms with Gasteiger partial charge in [0.15, 0.2) is 0 Å². The Morgan fingerprint density at radius 1 is 1.22 bits per heavy atom. The van der Waals surface area contributed by atoms with Crippen LogP contribution < -0.4 is 0 Å². The molecule has 0 bridgehead atoms. The fraction of sp³-hybridized carbons (Fsp3) is 0.200. The topological polar surface area (TPSA) is 20.2 Å². The highest BCUT2D eigenvalue weighted by Crippen LogP contribution is 2.25. The van der Waals surface area contributed by atoms with Gasteiger partial charge in [-0.05, 0) is 41.8 Å². The highest BCUT2D eigenvalue weighted by atomic mass is 79.9. The first kappa shape index (κ1) is 13.2. The average Bonchev–Trinajstić information content (AvgIpc) is 2.35. The smallest absolute Gasteiger partial charge is 0.126 e. The van der Waals surface area contributed by atoms with E-state index in [4.69, 9.17) is 0 Å². The highest BCUT2D eigenvalue weighted by molar-refractivity contribution is 9.10. The first-order valence-corrected chi connectivity index (χ1v) is 6.55. The fourth-order valence-corrected chi connectivity index (χ4v) is 2.33. The molecule has 0 radical (unpaired) electrons. The molecule has 1 unspecified atom stereocenters. The Hall–Kier alpha value is -1.19. The van der Waals surface area contributed by atoms with Crippen molar-refractivity contribution in [3.63, 3.8) is 0 Å². The van der Waals surface area contributed by atoms with Crippen molar-refractivity contribution < 1.29 is 9.50 Å². The normalized spacial score (nSPS) is 12.4. The second kappa shape index (κ2) is 5.63. The van der Waals surface area contributed by atoms with Gasteiger partial charge in [0.25, 0.3) is 0 Å². The summed E-state index contributed by atoms with van der Waals surface area (Å²) in [7, 11) is 0. The van der Waals surface area contributed by atoms with E-state index in [1.54, 1.807) is 18.2 Å². The van der Waals surface area contributed by atoms with Gasteiger partial charge in [0.1, 0.15) is 5.82 Å². The van der Waals surface area contributed by atoms with Crippen molar-refractivity contribution in [1.29, 1.82) is 0 Å². The van der Waals surface area contributed by atoms with E-state index in [2.05, 4.69) is 15.9 Å². The molecule has 1 N–H and O–H groups in total. The molecule has 1 nitrogen and oxygen atoms in total. The number of hydrogen-bond acceptors (Lipinski definition) is 1. The van der Waals surface area contributed by atoms with Gasteiger partial charge in [0.05, 0.1) is 6.10 Å². The number of aliphatic hydroxyl groups excluding tert-OH is 1. The third kappa shape index (κ3) is 2.98. The molecule has 0 saturated carbocycles. The first-order valence-electron chi connectivity index (χ1n) is 5.75. The highest BCUT2D eigenvalue weighted by Gasteiger charge is 2.13. The van der Waals surface area contributed by atoms with Crippen LogP contribution in [-0.2, 0) is 6.42 Å². The van der Waals surface area contributed by atoms with E-state index < -0.39 is 6.10 Å². The summed E-state index contributed by atoms with van der Waals surface area (Å²) in [6.45, 7) is 1.94. The predicted octanol–water partition coefficient (Wildman–Crippen LogP) is 4.17. The molecule has 0 spiro atoms. The monoisotopic (exact) mass is 308 g/mol. The van der Waals surface area contributed by atoms with E-state index >= 15 is 0 Å². The van der Waals surface area contributed by atoms with Crippen molar-refractivity contribution in [3.8, 4) is 0 Å². The lowest BCUT2D eigenvalue weighted by Crippen LogP contribution is -2.05. The molecule has 18 heavy (non-hydrogen) atoms. The predicted molar refractivity (Wildman–Crippen MR) is 73.9 cm³/mol. The molecule has 1 atom stereocenters. The van der Waals surface area contributed by atoms with Gasteiger partial charge >= 0.3 is 0 Å². The standard InChI is InChI=1S/C15H14BrFO/c1-10-6-7-12(16)9-13(10)15(18)8-11-4-2-3-5-14(11)17/h2-7,9,15,18H,8H2,1H3. The van der Waals surface area contributed by atoms with Gasteiger partial charge in [-0.3, -0.25) is 0 Å². The van der Waals surface area contributed by atoms with E-state index in [0.29, 0.717) is 5.56 Å². The molecule has 0 heterocycles. The van der Waals surface area contributed by atoms with Crippen molar-refractivity contribution in [2.45, 2.75) is 19.4 Å². The summed E-state index contributed by atoms with van der Waals surface area (Å²) in [5.74, 6) is -0.274. The number of aryl methyl sites for hydroxylation is 1. The zero-order chi connectivity index (χ0) is 13.1. The van der Waals surface area contributed by atoms with Crippen LogP contribution in [0, 0.1) is 12.7 Å². The third-order valence-corrected chi connectivity index (χ3v) is 3.46. The molecule has 2 aromatic carbocycles. The van der Waals surface area contributed by atoms with E-state index in [1.807, 2.05) is 25.1 Å². The minimum atomic E-state index is -0.695. The van der Waals surface area contributed by atoms with Crippen LogP contribution in [0.4, 0.5) is 4.39 Å². The number of rotatable bonds is 3. The Bertz CT molecular complexity index is 554. The molecule has 94 valence electrons. The van der Waals surface area contributed by atoms with E-state index in [0.717, 1.165) is 15.6 Å². The largest absolute Gasteiger partial charge is 0.388 e. The quantitative estimate of drug-likeness (QED) is 0.902. The van der Waals surface area contributed by atoms with E-state index in [1.165, 1.54) is 6.07 Å². The molecule has 0 aliphatic rings. The molecule has 2 rings (SSSR count). The summed E-state index contributed by atoms with van der Waals surface area (Å²) < 4.78 is 14.4. The fourth-order valence-electron chi connectivity index (χ4n) is 1.95. The molecule has 0 aliphatic carbocycles. The maximum absolute atomic E-state index is 13.5. The van der Waals surface area contributed by atoms with Crippen LogP contribution in [0.15, 0.2) is 46.9 Å². The number of benzene rings is 2. The van der Waals surface area contributed by atoms with Crippen molar-refractivity contribution >= 4 is 15.9 Å². The Morgan fingerprint density at radius 3 is 2.67 bits per heavy atom. The maximum Gasteiger partial charge on any atom is 0.126 e. The Kier molecular flexibility index (Phi) is 4.15. The SMILES string of the molecule is Cc1ccc(Br)cc1C(O)Cc1ccccc1F. The van der Waals surface area contributed by atoms with E-state index in [-0.39, 0.29) is 12.2 Å². The van der Waals surface area contributed by atoms with E-state index in [9.17, 15) is 9.50 Å². The molecule has 0 fully saturated rings. The molecule has 3 heteroatoms. The summed E-state index contributed by atoms with van der Waals surface area (Å²) in [6.07, 6.45) is -0.413. The molecule has 0 aromatic heterocycles. The maximum atomic E-state index is 13.5. The van der Waals surface area contributed by atoms with Crippen LogP contribution in [0.3, 0.4) is 0 Å². The van der Waals surface area contributed by atoms with Crippen LogP contribution in [0.1, 0.15) is 22.8 Å². The summed E-state index contributed by atoms with van der Waals surface area (Å²) in [6, 6.07) is 12.3. The zero-order valence-corrected chi connectivity index (χ0v) is 11.6. The molecule has 0 aliphatic heterocycles. The van der Waals surface area contributed by atoms with Crippen LogP contribution in [0.5, 0.6) is 0 Å². The lowest BCUT2D eigenvalue weighted by molar-refractivity contribution is 0.176. The Balaban J connectivity index is 2.25. The second-order valence-electron chi connectivity index (χ2n) is 4.31. The van der Waals surface area contributed by atoms with Gasteiger partial charge in [0, 0.05) is 10.9 Å². The Labute approximate surface area is 114 Å². The molecular formula is C15H14BrFO. The summed E-state index contributed by atoms with van der Waals surface area (Å²) in [5.41, 5.74) is 2.36. The summed E-state index contributed by atoms with van der Waals surface area (Å²) >= 11 is 3.38. The minimum Gasteiger partial charge on any atom is -0.388 e. The van der Waals surface area contributed by atoms with Gasteiger partial charge in [-0.25, -0.2) is 4.39 Å². The van der Waals surface area contributed by atoms with Gasteiger partial charge in [0.2, 0.25) is 0 Å². The minimum absolute atomic E-state index is 0.274. The molecule has 0 amide bonds. The average molecular weight is 309 g/mol.